The third-order valence-electron chi connectivity index (χ3n) is 9.83. The van der Waals surface area contributed by atoms with Crippen LogP contribution in [0.5, 0.6) is 5.75 Å². The number of sulfonamides is 1. The summed E-state index contributed by atoms with van der Waals surface area (Å²) in [6.45, 7) is 5.09. The van der Waals surface area contributed by atoms with Crippen molar-refractivity contribution in [3.63, 3.8) is 0 Å². The fourth-order valence-electron chi connectivity index (χ4n) is 6.69. The lowest BCUT2D eigenvalue weighted by Gasteiger charge is -2.40. The van der Waals surface area contributed by atoms with Gasteiger partial charge in [0.1, 0.15) is 12.4 Å². The maximum absolute atomic E-state index is 13.5. The summed E-state index contributed by atoms with van der Waals surface area (Å²) in [6, 6.07) is 10.9. The second-order valence-corrected chi connectivity index (χ2v) is 15.2. The van der Waals surface area contributed by atoms with Gasteiger partial charge in [-0.2, -0.15) is 0 Å². The van der Waals surface area contributed by atoms with Crippen molar-refractivity contribution in [3.8, 4) is 5.75 Å². The average molecular weight is 659 g/mol. The van der Waals surface area contributed by atoms with Crippen LogP contribution < -0.4 is 14.4 Å². The smallest absolute Gasteiger partial charge is 0.333 e. The van der Waals surface area contributed by atoms with Crippen molar-refractivity contribution in [1.29, 1.82) is 0 Å². The van der Waals surface area contributed by atoms with E-state index >= 15 is 0 Å². The molecule has 2 bridgehead atoms. The molecule has 244 valence electrons. The van der Waals surface area contributed by atoms with Crippen molar-refractivity contribution in [1.82, 2.24) is 4.72 Å². The Bertz CT molecular complexity index is 1540. The number of halogens is 1. The van der Waals surface area contributed by atoms with E-state index in [4.69, 9.17) is 21.1 Å². The highest BCUT2D eigenvalue weighted by Crippen LogP contribution is 2.40. The van der Waals surface area contributed by atoms with Gasteiger partial charge < -0.3 is 19.5 Å². The van der Waals surface area contributed by atoms with Gasteiger partial charge in [-0.25, -0.2) is 17.9 Å². The highest BCUT2D eigenvalue weighted by atomic mass is 35.5. The number of nitrogens with zero attached hydrogens (tertiary/aromatic N) is 1. The molecule has 2 aliphatic heterocycles. The van der Waals surface area contributed by atoms with Gasteiger partial charge >= 0.3 is 5.97 Å². The van der Waals surface area contributed by atoms with Crippen LogP contribution in [-0.2, 0) is 32.6 Å². The number of aryl methyl sites for hydroxylation is 1. The number of allylic oxidation sites excluding steroid dienone is 1. The van der Waals surface area contributed by atoms with Gasteiger partial charge in [-0.1, -0.05) is 36.7 Å². The second kappa shape index (κ2) is 14.1. The third-order valence-corrected chi connectivity index (χ3v) is 12.0. The maximum Gasteiger partial charge on any atom is 0.333 e. The van der Waals surface area contributed by atoms with E-state index in [-0.39, 0.29) is 17.9 Å². The van der Waals surface area contributed by atoms with Gasteiger partial charge in [-0.15, -0.1) is 0 Å². The SMILES string of the molecule is CO[C@H](C(=O)O)[C@@H]1/C=C/[C@@H]2CC[C@H]2CN2CCCCc3cc(Cl)ccc3COc3ccc(cc32)C(=O)NS(=O)(=O)[C@H](C)[C@@H](C)C1. The van der Waals surface area contributed by atoms with Crippen LogP contribution in [0.1, 0.15) is 67.4 Å². The third kappa shape index (κ3) is 7.67. The first-order valence-electron chi connectivity index (χ1n) is 15.8. The Hall–Kier alpha value is -3.08. The molecule has 9 nitrogen and oxygen atoms in total. The summed E-state index contributed by atoms with van der Waals surface area (Å²) in [5.74, 6) is -1.62. The first-order chi connectivity index (χ1) is 21.5. The van der Waals surface area contributed by atoms with Crippen molar-refractivity contribution in [3.05, 3.63) is 70.3 Å². The lowest BCUT2D eigenvalue weighted by molar-refractivity contribution is -0.151. The highest BCUT2D eigenvalue weighted by Gasteiger charge is 2.36. The number of amides is 1. The number of rotatable bonds is 3. The summed E-state index contributed by atoms with van der Waals surface area (Å²) in [4.78, 5) is 27.8. The molecule has 0 aromatic heterocycles. The molecule has 11 heteroatoms. The van der Waals surface area contributed by atoms with Crippen LogP contribution in [0.15, 0.2) is 48.6 Å². The number of carbonyl (C=O) groups excluding carboxylic acids is 1. The highest BCUT2D eigenvalue weighted by molar-refractivity contribution is 7.90. The van der Waals surface area contributed by atoms with Gasteiger partial charge in [0.05, 0.1) is 10.9 Å². The lowest BCUT2D eigenvalue weighted by Crippen LogP contribution is -2.42. The summed E-state index contributed by atoms with van der Waals surface area (Å²) in [7, 11) is -2.73. The van der Waals surface area contributed by atoms with Crippen LogP contribution in [0, 0.1) is 23.7 Å². The summed E-state index contributed by atoms with van der Waals surface area (Å²) < 4.78 is 40.9. The van der Waals surface area contributed by atoms with Gasteiger partial charge in [-0.05, 0) is 105 Å². The van der Waals surface area contributed by atoms with E-state index in [0.717, 1.165) is 62.0 Å². The van der Waals surface area contributed by atoms with Crippen LogP contribution in [0.25, 0.3) is 0 Å². The number of nitrogens with one attached hydrogen (secondary N) is 1. The molecule has 2 heterocycles. The number of hydrogen-bond donors (Lipinski definition) is 2. The van der Waals surface area contributed by atoms with Gasteiger partial charge in [0.25, 0.3) is 5.91 Å². The molecule has 0 unspecified atom stereocenters. The molecule has 1 aliphatic carbocycles. The predicted octanol–water partition coefficient (Wildman–Crippen LogP) is 5.85. The number of carboxylic acid groups (broad SMARTS) is 1. The molecule has 3 aliphatic rings. The second-order valence-electron chi connectivity index (χ2n) is 12.7. The number of hydrogen-bond acceptors (Lipinski definition) is 7. The Morgan fingerprint density at radius 1 is 1.11 bits per heavy atom. The molecule has 2 aromatic carbocycles. The number of carboxylic acids is 1. The van der Waals surface area contributed by atoms with Crippen molar-refractivity contribution in [2.75, 3.05) is 25.1 Å². The van der Waals surface area contributed by atoms with E-state index < -0.39 is 45.1 Å². The molecule has 1 saturated carbocycles. The summed E-state index contributed by atoms with van der Waals surface area (Å²) in [5, 5.41) is 9.62. The molecule has 2 aromatic rings. The van der Waals surface area contributed by atoms with Gasteiger partial charge in [-0.3, -0.25) is 4.79 Å². The van der Waals surface area contributed by atoms with Crippen LogP contribution in [0.4, 0.5) is 5.69 Å². The Labute approximate surface area is 271 Å². The zero-order valence-corrected chi connectivity index (χ0v) is 27.6. The molecular weight excluding hydrogens is 616 g/mol. The Morgan fingerprint density at radius 3 is 2.62 bits per heavy atom. The van der Waals surface area contributed by atoms with Gasteiger partial charge in [0.15, 0.2) is 6.10 Å². The van der Waals surface area contributed by atoms with E-state index in [2.05, 4.69) is 15.7 Å². The molecule has 0 saturated heterocycles. The fraction of sp³-hybridized carbons (Fsp3) is 0.529. The number of fused-ring (bicyclic) bond motifs is 3. The van der Waals surface area contributed by atoms with E-state index in [9.17, 15) is 23.1 Å². The predicted molar refractivity (Wildman–Crippen MR) is 174 cm³/mol. The van der Waals surface area contributed by atoms with Crippen LogP contribution in [0.2, 0.25) is 5.02 Å². The molecule has 0 spiro atoms. The minimum Gasteiger partial charge on any atom is -0.487 e. The van der Waals surface area contributed by atoms with Crippen molar-refractivity contribution < 1.29 is 32.6 Å². The number of anilines is 1. The monoisotopic (exact) mass is 658 g/mol. The van der Waals surface area contributed by atoms with E-state index in [1.165, 1.54) is 7.11 Å². The first kappa shape index (κ1) is 33.3. The zero-order valence-electron chi connectivity index (χ0n) is 26.1. The largest absolute Gasteiger partial charge is 0.487 e. The summed E-state index contributed by atoms with van der Waals surface area (Å²) >= 11 is 6.31. The molecule has 6 atom stereocenters. The number of methoxy groups -OCH3 is 1. The van der Waals surface area contributed by atoms with Crippen LogP contribution in [0.3, 0.4) is 0 Å². The molecule has 2 N–H and O–H groups in total. The van der Waals surface area contributed by atoms with E-state index in [0.29, 0.717) is 23.3 Å². The van der Waals surface area contributed by atoms with Crippen molar-refractivity contribution in [2.45, 2.75) is 70.3 Å². The minimum absolute atomic E-state index is 0.230. The first-order valence-corrected chi connectivity index (χ1v) is 17.7. The van der Waals surface area contributed by atoms with Crippen molar-refractivity contribution in [2.24, 2.45) is 23.7 Å². The Kier molecular flexibility index (Phi) is 10.5. The zero-order chi connectivity index (χ0) is 32.3. The van der Waals surface area contributed by atoms with Gasteiger partial charge in [0, 0.05) is 36.7 Å². The average Bonchev–Trinajstić information content (AvgIpc) is 3.01. The Balaban J connectivity index is 1.54. The number of ether oxygens (including phenoxy) is 2. The molecule has 45 heavy (non-hydrogen) atoms. The topological polar surface area (TPSA) is 122 Å². The van der Waals surface area contributed by atoms with E-state index in [1.807, 2.05) is 24.3 Å². The Morgan fingerprint density at radius 2 is 1.91 bits per heavy atom. The van der Waals surface area contributed by atoms with Crippen molar-refractivity contribution >= 4 is 39.2 Å². The summed E-state index contributed by atoms with van der Waals surface area (Å²) in [5.41, 5.74) is 3.19. The van der Waals surface area contributed by atoms with E-state index in [1.54, 1.807) is 32.0 Å². The van der Waals surface area contributed by atoms with Gasteiger partial charge in [0.2, 0.25) is 10.0 Å². The van der Waals surface area contributed by atoms with Crippen LogP contribution in [-0.4, -0.2) is 57.0 Å². The molecule has 0 radical (unpaired) electrons. The standard InChI is InChI=1S/C34H43ClN2O7S/c1-21-16-25(32(43-3)34(39)40)9-7-23-8-10-27(23)19-37-15-5-4-6-24-17-29(35)13-11-28(24)20-44-31-14-12-26(18-30(31)37)33(38)36-45(41,42)22(21)2/h7,9,11-14,17-18,21-23,25,27,32H,4-6,8,10,15-16,19-20H2,1-3H3,(H,36,38)(H,39,40)/b9-7+/t21-,22+,23+,25+,27-,32-/m0/s1. The molecular formula is C34H43ClN2O7S. The molecule has 1 fully saturated rings. The minimum atomic E-state index is -4.09. The molecule has 5 rings (SSSR count). The maximum atomic E-state index is 13.5. The number of benzene rings is 2. The molecule has 1 amide bonds. The quantitative estimate of drug-likeness (QED) is 0.394. The van der Waals surface area contributed by atoms with Crippen LogP contribution >= 0.6 is 11.6 Å². The summed E-state index contributed by atoms with van der Waals surface area (Å²) in [6.07, 6.45) is 7.87. The number of carbonyl (C=O) groups is 2. The number of aliphatic carboxylic acids is 1. The lowest BCUT2D eigenvalue weighted by atomic mass is 9.72. The normalized spacial score (nSPS) is 28.5. The fourth-order valence-corrected chi connectivity index (χ4v) is 8.17.